The number of hydrogen-bond acceptors (Lipinski definition) is 2. The van der Waals surface area contributed by atoms with Gasteiger partial charge in [0.15, 0.2) is 0 Å². The molecule has 1 saturated carbocycles. The maximum Gasteiger partial charge on any atom is 0.238 e. The molecule has 1 fully saturated rings. The van der Waals surface area contributed by atoms with Gasteiger partial charge in [-0.3, -0.25) is 4.79 Å². The van der Waals surface area contributed by atoms with E-state index in [1.54, 1.807) is 0 Å². The van der Waals surface area contributed by atoms with Crippen LogP contribution in [0, 0.1) is 12.8 Å². The third-order valence-corrected chi connectivity index (χ3v) is 3.13. The van der Waals surface area contributed by atoms with Crippen molar-refractivity contribution in [3.63, 3.8) is 0 Å². The Labute approximate surface area is 103 Å². The van der Waals surface area contributed by atoms with Crippen LogP contribution in [-0.4, -0.2) is 19.0 Å². The normalized spacial score (nSPS) is 14.6. The average Bonchev–Trinajstić information content (AvgIpc) is 3.12. The lowest BCUT2D eigenvalue weighted by atomic mass is 10.2. The van der Waals surface area contributed by atoms with Gasteiger partial charge in [0.05, 0.1) is 6.54 Å². The summed E-state index contributed by atoms with van der Waals surface area (Å²) in [5.74, 6) is 0.956. The van der Waals surface area contributed by atoms with Crippen molar-refractivity contribution in [2.24, 2.45) is 5.92 Å². The summed E-state index contributed by atoms with van der Waals surface area (Å²) in [5.41, 5.74) is 2.00. The molecule has 0 aromatic heterocycles. The zero-order valence-electron chi connectivity index (χ0n) is 10.3. The molecule has 0 spiro atoms. The first kappa shape index (κ1) is 12.1. The van der Waals surface area contributed by atoms with Gasteiger partial charge in [-0.15, -0.1) is 0 Å². The van der Waals surface area contributed by atoms with Gasteiger partial charge >= 0.3 is 0 Å². The summed E-state index contributed by atoms with van der Waals surface area (Å²) in [4.78, 5) is 11.7. The summed E-state index contributed by atoms with van der Waals surface area (Å²) < 4.78 is 0. The Hall–Kier alpha value is -1.35. The highest BCUT2D eigenvalue weighted by atomic mass is 16.1. The number of hydrogen-bond donors (Lipinski definition) is 2. The van der Waals surface area contributed by atoms with E-state index >= 15 is 0 Å². The molecule has 1 aliphatic carbocycles. The molecule has 3 nitrogen and oxygen atoms in total. The maximum absolute atomic E-state index is 11.7. The number of carbonyl (C=O) groups is 1. The van der Waals surface area contributed by atoms with Crippen molar-refractivity contribution >= 4 is 11.6 Å². The van der Waals surface area contributed by atoms with E-state index in [2.05, 4.69) is 10.6 Å². The predicted molar refractivity (Wildman–Crippen MR) is 70.0 cm³/mol. The van der Waals surface area contributed by atoms with E-state index < -0.39 is 0 Å². The Morgan fingerprint density at radius 1 is 1.35 bits per heavy atom. The van der Waals surface area contributed by atoms with Crippen molar-refractivity contribution in [1.29, 1.82) is 0 Å². The van der Waals surface area contributed by atoms with Crippen LogP contribution in [0.3, 0.4) is 0 Å². The molecular weight excluding hydrogens is 212 g/mol. The number of amides is 1. The van der Waals surface area contributed by atoms with Gasteiger partial charge in [0.25, 0.3) is 0 Å². The molecule has 1 aromatic rings. The fraction of sp³-hybridized carbons (Fsp3) is 0.500. The summed E-state index contributed by atoms with van der Waals surface area (Å²) in [6, 6.07) is 7.83. The second-order valence-corrected chi connectivity index (χ2v) is 4.77. The summed E-state index contributed by atoms with van der Waals surface area (Å²) in [6.45, 7) is 3.35. The average molecular weight is 232 g/mol. The Morgan fingerprint density at radius 3 is 2.82 bits per heavy atom. The van der Waals surface area contributed by atoms with Crippen LogP contribution in [0.2, 0.25) is 0 Å². The fourth-order valence-corrected chi connectivity index (χ4v) is 1.82. The zero-order chi connectivity index (χ0) is 12.1. The highest BCUT2D eigenvalue weighted by molar-refractivity contribution is 5.92. The SMILES string of the molecule is Cc1ccccc1NC(=O)CNCCC1CC1. The molecule has 1 aliphatic rings. The standard InChI is InChI=1S/C14H20N2O/c1-11-4-2-3-5-13(11)16-14(17)10-15-9-8-12-6-7-12/h2-5,12,15H,6-10H2,1H3,(H,16,17). The van der Waals surface area contributed by atoms with E-state index in [1.807, 2.05) is 31.2 Å². The molecule has 0 bridgehead atoms. The van der Waals surface area contributed by atoms with E-state index in [0.717, 1.165) is 23.7 Å². The topological polar surface area (TPSA) is 41.1 Å². The van der Waals surface area contributed by atoms with Gasteiger partial charge < -0.3 is 10.6 Å². The number of benzene rings is 1. The van der Waals surface area contributed by atoms with Gasteiger partial charge in [-0.1, -0.05) is 31.0 Å². The largest absolute Gasteiger partial charge is 0.325 e. The summed E-state index contributed by atoms with van der Waals surface area (Å²) in [7, 11) is 0. The Morgan fingerprint density at radius 2 is 2.12 bits per heavy atom. The molecule has 1 aromatic carbocycles. The number of anilines is 1. The van der Waals surface area contributed by atoms with Crippen LogP contribution < -0.4 is 10.6 Å². The lowest BCUT2D eigenvalue weighted by Gasteiger charge is -2.08. The monoisotopic (exact) mass is 232 g/mol. The van der Waals surface area contributed by atoms with Crippen LogP contribution in [0.25, 0.3) is 0 Å². The highest BCUT2D eigenvalue weighted by Gasteiger charge is 2.20. The number of para-hydroxylation sites is 1. The zero-order valence-corrected chi connectivity index (χ0v) is 10.3. The third kappa shape index (κ3) is 4.19. The first-order chi connectivity index (χ1) is 8.25. The maximum atomic E-state index is 11.7. The minimum absolute atomic E-state index is 0.0371. The number of aryl methyl sites for hydroxylation is 1. The molecule has 0 aliphatic heterocycles. The third-order valence-electron chi connectivity index (χ3n) is 3.13. The molecule has 0 heterocycles. The number of rotatable bonds is 6. The molecule has 92 valence electrons. The van der Waals surface area contributed by atoms with Gasteiger partial charge in [0.1, 0.15) is 0 Å². The van der Waals surface area contributed by atoms with Crippen molar-refractivity contribution in [3.05, 3.63) is 29.8 Å². The molecule has 1 amide bonds. The van der Waals surface area contributed by atoms with Crippen LogP contribution in [0.15, 0.2) is 24.3 Å². The highest BCUT2D eigenvalue weighted by Crippen LogP contribution is 2.31. The Kier molecular flexibility index (Phi) is 4.15. The van der Waals surface area contributed by atoms with E-state index in [-0.39, 0.29) is 5.91 Å². The molecular formula is C14H20N2O. The van der Waals surface area contributed by atoms with Crippen LogP contribution in [-0.2, 0) is 4.79 Å². The molecule has 2 N–H and O–H groups in total. The summed E-state index contributed by atoms with van der Waals surface area (Å²) in [5, 5.41) is 6.10. The molecule has 0 unspecified atom stereocenters. The van der Waals surface area contributed by atoms with Gasteiger partial charge in [0.2, 0.25) is 5.91 Å². The van der Waals surface area contributed by atoms with E-state index in [1.165, 1.54) is 19.3 Å². The molecule has 17 heavy (non-hydrogen) atoms. The molecule has 0 radical (unpaired) electrons. The first-order valence-electron chi connectivity index (χ1n) is 6.32. The minimum Gasteiger partial charge on any atom is -0.325 e. The summed E-state index contributed by atoms with van der Waals surface area (Å²) >= 11 is 0. The van der Waals surface area contributed by atoms with Crippen LogP contribution >= 0.6 is 0 Å². The van der Waals surface area contributed by atoms with Gasteiger partial charge in [-0.05, 0) is 37.4 Å². The fourth-order valence-electron chi connectivity index (χ4n) is 1.82. The van der Waals surface area contributed by atoms with E-state index in [0.29, 0.717) is 6.54 Å². The summed E-state index contributed by atoms with van der Waals surface area (Å²) in [6.07, 6.45) is 3.95. The van der Waals surface area contributed by atoms with Crippen LogP contribution in [0.4, 0.5) is 5.69 Å². The molecule has 0 atom stereocenters. The van der Waals surface area contributed by atoms with Gasteiger partial charge in [-0.2, -0.15) is 0 Å². The van der Waals surface area contributed by atoms with E-state index in [9.17, 15) is 4.79 Å². The second kappa shape index (κ2) is 5.82. The molecule has 0 saturated heterocycles. The lowest BCUT2D eigenvalue weighted by Crippen LogP contribution is -2.29. The quantitative estimate of drug-likeness (QED) is 0.739. The van der Waals surface area contributed by atoms with Crippen molar-refractivity contribution in [2.45, 2.75) is 26.2 Å². The van der Waals surface area contributed by atoms with Crippen molar-refractivity contribution in [2.75, 3.05) is 18.4 Å². The van der Waals surface area contributed by atoms with Crippen LogP contribution in [0.1, 0.15) is 24.8 Å². The van der Waals surface area contributed by atoms with Crippen molar-refractivity contribution in [3.8, 4) is 0 Å². The smallest absolute Gasteiger partial charge is 0.238 e. The number of carbonyl (C=O) groups excluding carboxylic acids is 1. The van der Waals surface area contributed by atoms with Crippen molar-refractivity contribution in [1.82, 2.24) is 5.32 Å². The van der Waals surface area contributed by atoms with Crippen molar-refractivity contribution < 1.29 is 4.79 Å². The second-order valence-electron chi connectivity index (χ2n) is 4.77. The first-order valence-corrected chi connectivity index (χ1v) is 6.32. The Balaban J connectivity index is 1.67. The van der Waals surface area contributed by atoms with Gasteiger partial charge in [-0.25, -0.2) is 0 Å². The minimum atomic E-state index is 0.0371. The van der Waals surface area contributed by atoms with E-state index in [4.69, 9.17) is 0 Å². The predicted octanol–water partition coefficient (Wildman–Crippen LogP) is 2.32. The lowest BCUT2D eigenvalue weighted by molar-refractivity contribution is -0.115. The molecule has 2 rings (SSSR count). The Bertz CT molecular complexity index is 386. The number of nitrogens with one attached hydrogen (secondary N) is 2. The van der Waals surface area contributed by atoms with Crippen LogP contribution in [0.5, 0.6) is 0 Å². The molecule has 3 heteroatoms. The van der Waals surface area contributed by atoms with Gasteiger partial charge in [0, 0.05) is 5.69 Å².